The quantitative estimate of drug-likeness (QED) is 0.421. The van der Waals surface area contributed by atoms with Crippen LogP contribution in [0.25, 0.3) is 0 Å². The lowest BCUT2D eigenvalue weighted by atomic mass is 10.1. The van der Waals surface area contributed by atoms with E-state index in [1.165, 1.54) is 17.0 Å². The first-order valence-corrected chi connectivity index (χ1v) is 13.4. The molecular weight excluding hydrogens is 474 g/mol. The van der Waals surface area contributed by atoms with Gasteiger partial charge in [-0.25, -0.2) is 8.42 Å². The van der Waals surface area contributed by atoms with E-state index in [9.17, 15) is 18.0 Å². The first-order valence-electron chi connectivity index (χ1n) is 12.0. The number of hydrogen-bond acceptors (Lipinski definition) is 4. The second kappa shape index (κ2) is 12.4. The van der Waals surface area contributed by atoms with Crippen LogP contribution in [0.4, 0.5) is 5.69 Å². The first-order chi connectivity index (χ1) is 17.2. The second-order valence-corrected chi connectivity index (χ2v) is 10.6. The Hall–Kier alpha value is -3.65. The Kier molecular flexibility index (Phi) is 9.25. The topological polar surface area (TPSA) is 86.8 Å². The van der Waals surface area contributed by atoms with E-state index in [4.69, 9.17) is 0 Å². The van der Waals surface area contributed by atoms with Gasteiger partial charge in [-0.15, -0.1) is 0 Å². The Bertz CT molecular complexity index is 1230. The highest BCUT2D eigenvalue weighted by Crippen LogP contribution is 2.24. The summed E-state index contributed by atoms with van der Waals surface area (Å²) in [5, 5.41) is 2.89. The molecular formula is C28H33N3O4S. The third kappa shape index (κ3) is 6.73. The van der Waals surface area contributed by atoms with Crippen molar-refractivity contribution in [3.63, 3.8) is 0 Å². The van der Waals surface area contributed by atoms with Gasteiger partial charge in [-0.2, -0.15) is 0 Å². The maximum absolute atomic E-state index is 13.8. The van der Waals surface area contributed by atoms with Crippen LogP contribution in [0.1, 0.15) is 32.8 Å². The molecule has 36 heavy (non-hydrogen) atoms. The number of para-hydroxylation sites is 1. The Morgan fingerprint density at radius 1 is 0.833 bits per heavy atom. The Morgan fingerprint density at radius 2 is 1.36 bits per heavy atom. The first kappa shape index (κ1) is 26.9. The van der Waals surface area contributed by atoms with Gasteiger partial charge >= 0.3 is 0 Å². The minimum absolute atomic E-state index is 0.0841. The molecule has 0 bridgehead atoms. The van der Waals surface area contributed by atoms with Gasteiger partial charge in [0.25, 0.3) is 10.0 Å². The smallest absolute Gasteiger partial charge is 0.264 e. The summed E-state index contributed by atoms with van der Waals surface area (Å²) in [6, 6.07) is 25.1. The van der Waals surface area contributed by atoms with Crippen molar-refractivity contribution in [3.8, 4) is 0 Å². The van der Waals surface area contributed by atoms with Gasteiger partial charge in [-0.1, -0.05) is 73.7 Å². The van der Waals surface area contributed by atoms with Crippen LogP contribution in [-0.4, -0.2) is 43.8 Å². The fourth-order valence-corrected chi connectivity index (χ4v) is 5.36. The molecule has 3 aromatic rings. The minimum Gasteiger partial charge on any atom is -0.352 e. The fourth-order valence-electron chi connectivity index (χ4n) is 3.92. The highest BCUT2D eigenvalue weighted by Gasteiger charge is 2.33. The average molecular weight is 508 g/mol. The van der Waals surface area contributed by atoms with Crippen LogP contribution in [-0.2, 0) is 26.2 Å². The van der Waals surface area contributed by atoms with E-state index in [-0.39, 0.29) is 23.4 Å². The zero-order chi connectivity index (χ0) is 26.1. The standard InChI is InChI=1S/C28H33N3O4S/c1-4-26(28(33)29-22(2)3)30(20-23-14-8-5-9-15-23)27(32)21-31(24-16-10-6-11-17-24)36(34,35)25-18-12-7-13-19-25/h5-19,22,26H,4,20-21H2,1-3H3,(H,29,33)/t26-/m0/s1. The monoisotopic (exact) mass is 507 g/mol. The van der Waals surface area contributed by atoms with Gasteiger partial charge in [0.1, 0.15) is 12.6 Å². The zero-order valence-corrected chi connectivity index (χ0v) is 21.7. The molecule has 0 saturated carbocycles. The molecule has 7 nitrogen and oxygen atoms in total. The average Bonchev–Trinajstić information content (AvgIpc) is 2.88. The highest BCUT2D eigenvalue weighted by molar-refractivity contribution is 7.92. The molecule has 8 heteroatoms. The van der Waals surface area contributed by atoms with Crippen LogP contribution in [0.5, 0.6) is 0 Å². The van der Waals surface area contributed by atoms with Crippen molar-refractivity contribution in [2.45, 2.75) is 50.7 Å². The number of anilines is 1. The fraction of sp³-hybridized carbons (Fsp3) is 0.286. The summed E-state index contributed by atoms with van der Waals surface area (Å²) in [4.78, 5) is 28.5. The molecule has 0 saturated heterocycles. The zero-order valence-electron chi connectivity index (χ0n) is 20.9. The summed E-state index contributed by atoms with van der Waals surface area (Å²) >= 11 is 0. The van der Waals surface area contributed by atoms with E-state index in [0.29, 0.717) is 12.1 Å². The Morgan fingerprint density at radius 3 is 1.89 bits per heavy atom. The van der Waals surface area contributed by atoms with Crippen molar-refractivity contribution in [2.75, 3.05) is 10.8 Å². The van der Waals surface area contributed by atoms with E-state index in [0.717, 1.165) is 9.87 Å². The molecule has 0 aliphatic heterocycles. The number of benzene rings is 3. The van der Waals surface area contributed by atoms with Crippen molar-refractivity contribution in [3.05, 3.63) is 96.6 Å². The molecule has 0 radical (unpaired) electrons. The molecule has 3 aromatic carbocycles. The van der Waals surface area contributed by atoms with Crippen molar-refractivity contribution in [1.82, 2.24) is 10.2 Å². The molecule has 1 N–H and O–H groups in total. The Labute approximate surface area is 213 Å². The van der Waals surface area contributed by atoms with Crippen LogP contribution >= 0.6 is 0 Å². The van der Waals surface area contributed by atoms with Crippen LogP contribution in [0.15, 0.2) is 95.9 Å². The SMILES string of the molecule is CC[C@@H](C(=O)NC(C)C)N(Cc1ccccc1)C(=O)CN(c1ccccc1)S(=O)(=O)c1ccccc1. The predicted octanol–water partition coefficient (Wildman–Crippen LogP) is 4.21. The van der Waals surface area contributed by atoms with E-state index in [1.54, 1.807) is 48.5 Å². The molecule has 190 valence electrons. The number of sulfonamides is 1. The van der Waals surface area contributed by atoms with Crippen molar-refractivity contribution in [2.24, 2.45) is 0 Å². The van der Waals surface area contributed by atoms with Crippen LogP contribution in [0.2, 0.25) is 0 Å². The maximum atomic E-state index is 13.8. The summed E-state index contributed by atoms with van der Waals surface area (Å²) < 4.78 is 28.4. The minimum atomic E-state index is -4.04. The third-order valence-corrected chi connectivity index (χ3v) is 7.45. The second-order valence-electron chi connectivity index (χ2n) is 8.75. The number of hydrogen-bond donors (Lipinski definition) is 1. The van der Waals surface area contributed by atoms with Gasteiger partial charge in [0.15, 0.2) is 0 Å². The molecule has 1 atom stereocenters. The molecule has 0 unspecified atom stereocenters. The van der Waals surface area contributed by atoms with Gasteiger partial charge in [0.2, 0.25) is 11.8 Å². The number of nitrogens with zero attached hydrogens (tertiary/aromatic N) is 2. The van der Waals surface area contributed by atoms with Gasteiger partial charge in [-0.3, -0.25) is 13.9 Å². The summed E-state index contributed by atoms with van der Waals surface area (Å²) in [5.74, 6) is -0.734. The molecule has 0 aliphatic rings. The van der Waals surface area contributed by atoms with Crippen LogP contribution < -0.4 is 9.62 Å². The molecule has 0 aromatic heterocycles. The molecule has 0 spiro atoms. The molecule has 0 aliphatic carbocycles. The van der Waals surface area contributed by atoms with Crippen LogP contribution in [0.3, 0.4) is 0 Å². The van der Waals surface area contributed by atoms with Crippen molar-refractivity contribution < 1.29 is 18.0 Å². The van der Waals surface area contributed by atoms with E-state index < -0.39 is 28.5 Å². The van der Waals surface area contributed by atoms with Crippen molar-refractivity contribution >= 4 is 27.5 Å². The number of carbonyl (C=O) groups excluding carboxylic acids is 2. The summed E-state index contributed by atoms with van der Waals surface area (Å²) in [6.45, 7) is 5.29. The molecule has 0 fully saturated rings. The number of carbonyl (C=O) groups is 2. The van der Waals surface area contributed by atoms with E-state index in [2.05, 4.69) is 5.32 Å². The summed E-state index contributed by atoms with van der Waals surface area (Å²) in [5.41, 5.74) is 1.22. The predicted molar refractivity (Wildman–Crippen MR) is 142 cm³/mol. The number of nitrogens with one attached hydrogen (secondary N) is 1. The number of rotatable bonds is 11. The van der Waals surface area contributed by atoms with Crippen molar-refractivity contribution in [1.29, 1.82) is 0 Å². The van der Waals surface area contributed by atoms with Crippen LogP contribution in [0, 0.1) is 0 Å². The summed E-state index contributed by atoms with van der Waals surface area (Å²) in [6.07, 6.45) is 0.383. The van der Waals surface area contributed by atoms with Gasteiger partial charge in [0, 0.05) is 12.6 Å². The van der Waals surface area contributed by atoms with Gasteiger partial charge < -0.3 is 10.2 Å². The molecule has 0 heterocycles. The number of amides is 2. The Balaban J connectivity index is 2.01. The van der Waals surface area contributed by atoms with E-state index in [1.807, 2.05) is 51.1 Å². The van der Waals surface area contributed by atoms with E-state index >= 15 is 0 Å². The lowest BCUT2D eigenvalue weighted by Gasteiger charge is -2.33. The van der Waals surface area contributed by atoms with Gasteiger partial charge in [-0.05, 0) is 50.1 Å². The lowest BCUT2D eigenvalue weighted by molar-refractivity contribution is -0.140. The summed E-state index contributed by atoms with van der Waals surface area (Å²) in [7, 11) is -4.04. The lowest BCUT2D eigenvalue weighted by Crippen LogP contribution is -2.53. The molecule has 3 rings (SSSR count). The third-order valence-electron chi connectivity index (χ3n) is 5.67. The van der Waals surface area contributed by atoms with Gasteiger partial charge in [0.05, 0.1) is 10.6 Å². The highest BCUT2D eigenvalue weighted by atomic mass is 32.2. The molecule has 2 amide bonds. The largest absolute Gasteiger partial charge is 0.352 e. The maximum Gasteiger partial charge on any atom is 0.264 e. The normalized spacial score (nSPS) is 12.1.